The molecule has 2 heterocycles. The van der Waals surface area contributed by atoms with Gasteiger partial charge < -0.3 is 9.47 Å². The molecule has 8 aromatic carbocycles. The lowest BCUT2D eigenvalue weighted by Gasteiger charge is -2.25. The van der Waals surface area contributed by atoms with Gasteiger partial charge in [0.05, 0.1) is 34.1 Å². The van der Waals surface area contributed by atoms with Crippen molar-refractivity contribution in [3.8, 4) is 56.8 Å². The average Bonchev–Trinajstić information content (AvgIpc) is 3.64. The number of fused-ring (bicyclic) bond motifs is 3. The highest BCUT2D eigenvalue weighted by molar-refractivity contribution is 6.10. The van der Waals surface area contributed by atoms with Crippen LogP contribution in [0, 0.1) is 11.3 Å². The van der Waals surface area contributed by atoms with E-state index in [9.17, 15) is 5.26 Å². The second-order valence-corrected chi connectivity index (χ2v) is 14.2. The van der Waals surface area contributed by atoms with Crippen LogP contribution in [0.15, 0.2) is 212 Å². The van der Waals surface area contributed by atoms with Crippen LogP contribution >= 0.6 is 0 Å². The smallest absolute Gasteiger partial charge is 0.160 e. The molecule has 0 aliphatic heterocycles. The zero-order valence-electron chi connectivity index (χ0n) is 31.4. The number of nitriles is 1. The highest BCUT2D eigenvalue weighted by Gasteiger charge is 2.19. The summed E-state index contributed by atoms with van der Waals surface area (Å²) in [5, 5.41) is 11.9. The summed E-state index contributed by atoms with van der Waals surface area (Å²) < 4.78 is 2.36. The first-order valence-corrected chi connectivity index (χ1v) is 19.3. The zero-order chi connectivity index (χ0) is 38.8. The number of hydrogen-bond donors (Lipinski definition) is 0. The molecule has 0 spiro atoms. The van der Waals surface area contributed by atoms with Crippen molar-refractivity contribution in [2.24, 2.45) is 0 Å². The van der Waals surface area contributed by atoms with Crippen LogP contribution in [0.25, 0.3) is 72.5 Å². The third-order valence-corrected chi connectivity index (χ3v) is 10.6. The minimum atomic E-state index is 0.614. The van der Waals surface area contributed by atoms with E-state index in [0.717, 1.165) is 83.8 Å². The van der Waals surface area contributed by atoms with Crippen molar-refractivity contribution in [3.63, 3.8) is 0 Å². The summed E-state index contributed by atoms with van der Waals surface area (Å²) in [4.78, 5) is 12.8. The SMILES string of the molecule is N#Cc1ccc(-c2cc(-c3nc(-c4ccccc4)cc(-c4ccccc4)n3)cc(-n3c4ccccc4c4ccc(N(c5ccccc5)c5ccccc5)cc43)c2)cc1. The lowest BCUT2D eigenvalue weighted by molar-refractivity contribution is 1.16. The number of hydrogen-bond acceptors (Lipinski definition) is 4. The molecule has 0 saturated heterocycles. The van der Waals surface area contributed by atoms with Crippen LogP contribution in [0.1, 0.15) is 5.56 Å². The first-order valence-electron chi connectivity index (χ1n) is 19.3. The molecule has 10 aromatic rings. The van der Waals surface area contributed by atoms with Crippen molar-refractivity contribution in [2.75, 3.05) is 4.90 Å². The summed E-state index contributed by atoms with van der Waals surface area (Å²) in [6.45, 7) is 0. The Kier molecular flexibility index (Phi) is 8.83. The molecule has 2 aromatic heterocycles. The fourth-order valence-electron chi connectivity index (χ4n) is 7.84. The van der Waals surface area contributed by atoms with Gasteiger partial charge >= 0.3 is 0 Å². The Balaban J connectivity index is 1.24. The van der Waals surface area contributed by atoms with Crippen LogP contribution in [0.3, 0.4) is 0 Å². The van der Waals surface area contributed by atoms with E-state index in [4.69, 9.17) is 9.97 Å². The summed E-state index contributed by atoms with van der Waals surface area (Å²) in [5.41, 5.74) is 13.5. The van der Waals surface area contributed by atoms with Crippen LogP contribution in [0.5, 0.6) is 0 Å². The number of anilines is 3. The molecular formula is C53H35N5. The van der Waals surface area contributed by atoms with E-state index >= 15 is 0 Å². The lowest BCUT2D eigenvalue weighted by Crippen LogP contribution is -2.09. The Bertz CT molecular complexity index is 3000. The molecule has 0 fully saturated rings. The fourth-order valence-corrected chi connectivity index (χ4v) is 7.84. The quantitative estimate of drug-likeness (QED) is 0.156. The lowest BCUT2D eigenvalue weighted by atomic mass is 9.99. The summed E-state index contributed by atoms with van der Waals surface area (Å²) in [5.74, 6) is 0.623. The molecule has 10 rings (SSSR count). The Morgan fingerprint density at radius 1 is 0.397 bits per heavy atom. The fraction of sp³-hybridized carbons (Fsp3) is 0. The molecule has 0 bridgehead atoms. The number of nitrogens with zero attached hydrogens (tertiary/aromatic N) is 5. The topological polar surface area (TPSA) is 57.7 Å². The molecule has 0 N–H and O–H groups in total. The summed E-state index contributed by atoms with van der Waals surface area (Å²) in [6, 6.07) is 75.6. The molecule has 5 nitrogen and oxygen atoms in total. The average molecular weight is 742 g/mol. The van der Waals surface area contributed by atoms with E-state index in [0.29, 0.717) is 11.4 Å². The standard InChI is InChI=1S/C53H35N5/c54-36-37-25-27-38(28-26-37)41-31-42(53-55-49(39-15-5-1-6-16-39)35-50(56-53)40-17-7-2-8-18-40)33-46(32-41)58-51-24-14-13-23-47(51)48-30-29-45(34-52(48)58)57(43-19-9-3-10-20-43)44-21-11-4-12-22-44/h1-35H. The summed E-state index contributed by atoms with van der Waals surface area (Å²) >= 11 is 0. The van der Waals surface area contributed by atoms with E-state index in [1.807, 2.05) is 72.8 Å². The van der Waals surface area contributed by atoms with E-state index in [2.05, 4.69) is 155 Å². The van der Waals surface area contributed by atoms with Crippen molar-refractivity contribution in [3.05, 3.63) is 218 Å². The van der Waals surface area contributed by atoms with Crippen LogP contribution < -0.4 is 4.90 Å². The Morgan fingerprint density at radius 3 is 1.53 bits per heavy atom. The van der Waals surface area contributed by atoms with Gasteiger partial charge in [0, 0.05) is 50.2 Å². The maximum Gasteiger partial charge on any atom is 0.160 e. The maximum atomic E-state index is 9.64. The van der Waals surface area contributed by atoms with Gasteiger partial charge in [0.2, 0.25) is 0 Å². The van der Waals surface area contributed by atoms with Gasteiger partial charge in [0.25, 0.3) is 0 Å². The minimum absolute atomic E-state index is 0.614. The molecule has 0 aliphatic carbocycles. The summed E-state index contributed by atoms with van der Waals surface area (Å²) in [7, 11) is 0. The Labute approximate surface area is 337 Å². The Hall–Kier alpha value is -8.07. The normalized spacial score (nSPS) is 11.1. The first kappa shape index (κ1) is 34.4. The van der Waals surface area contributed by atoms with Crippen molar-refractivity contribution in [2.45, 2.75) is 0 Å². The van der Waals surface area contributed by atoms with Gasteiger partial charge in [0.15, 0.2) is 5.82 Å². The molecule has 272 valence electrons. The minimum Gasteiger partial charge on any atom is -0.310 e. The van der Waals surface area contributed by atoms with Crippen molar-refractivity contribution in [1.82, 2.24) is 14.5 Å². The molecule has 0 saturated carbocycles. The summed E-state index contributed by atoms with van der Waals surface area (Å²) in [6.07, 6.45) is 0. The first-order chi connectivity index (χ1) is 28.7. The number of aromatic nitrogens is 3. The number of rotatable bonds is 8. The van der Waals surface area contributed by atoms with E-state index in [1.165, 1.54) is 0 Å². The molecular weight excluding hydrogens is 707 g/mol. The van der Waals surface area contributed by atoms with Crippen molar-refractivity contribution < 1.29 is 0 Å². The molecule has 58 heavy (non-hydrogen) atoms. The van der Waals surface area contributed by atoms with Gasteiger partial charge in [-0.3, -0.25) is 0 Å². The predicted molar refractivity (Wildman–Crippen MR) is 238 cm³/mol. The molecule has 5 heteroatoms. The second kappa shape index (κ2) is 14.9. The van der Waals surface area contributed by atoms with Gasteiger partial charge in [-0.05, 0) is 90.0 Å². The maximum absolute atomic E-state index is 9.64. The van der Waals surface area contributed by atoms with Crippen LogP contribution in [-0.4, -0.2) is 14.5 Å². The predicted octanol–water partition coefficient (Wildman–Crippen LogP) is 13.6. The van der Waals surface area contributed by atoms with E-state index < -0.39 is 0 Å². The zero-order valence-corrected chi connectivity index (χ0v) is 31.4. The van der Waals surface area contributed by atoms with Gasteiger partial charge in [-0.2, -0.15) is 5.26 Å². The van der Waals surface area contributed by atoms with Crippen LogP contribution in [0.4, 0.5) is 17.1 Å². The molecule has 0 unspecified atom stereocenters. The number of benzene rings is 8. The molecule has 0 amide bonds. The third-order valence-electron chi connectivity index (χ3n) is 10.6. The van der Waals surface area contributed by atoms with E-state index in [1.54, 1.807) is 0 Å². The van der Waals surface area contributed by atoms with Gasteiger partial charge in [-0.15, -0.1) is 0 Å². The Morgan fingerprint density at radius 2 is 0.931 bits per heavy atom. The van der Waals surface area contributed by atoms with Gasteiger partial charge in [-0.25, -0.2) is 9.97 Å². The van der Waals surface area contributed by atoms with Crippen LogP contribution in [-0.2, 0) is 0 Å². The molecule has 0 aliphatic rings. The monoisotopic (exact) mass is 741 g/mol. The van der Waals surface area contributed by atoms with Crippen LogP contribution in [0.2, 0.25) is 0 Å². The highest BCUT2D eigenvalue weighted by atomic mass is 15.1. The van der Waals surface area contributed by atoms with Crippen molar-refractivity contribution >= 4 is 38.9 Å². The van der Waals surface area contributed by atoms with Gasteiger partial charge in [-0.1, -0.05) is 133 Å². The van der Waals surface area contributed by atoms with Gasteiger partial charge in [0.1, 0.15) is 0 Å². The van der Waals surface area contributed by atoms with E-state index in [-0.39, 0.29) is 0 Å². The second-order valence-electron chi connectivity index (χ2n) is 14.2. The highest BCUT2D eigenvalue weighted by Crippen LogP contribution is 2.41. The molecule has 0 radical (unpaired) electrons. The van der Waals surface area contributed by atoms with Crippen molar-refractivity contribution in [1.29, 1.82) is 5.26 Å². The molecule has 0 atom stereocenters. The third kappa shape index (κ3) is 6.45. The number of para-hydroxylation sites is 3. The largest absolute Gasteiger partial charge is 0.310 e.